The molecule has 1 fully saturated rings. The van der Waals surface area contributed by atoms with Crippen LogP contribution in [0.15, 0.2) is 59.5 Å². The molecule has 0 spiro atoms. The van der Waals surface area contributed by atoms with Gasteiger partial charge in [-0.2, -0.15) is 4.31 Å². The van der Waals surface area contributed by atoms with Crippen molar-refractivity contribution in [1.82, 2.24) is 4.31 Å². The number of benzene rings is 2. The second-order valence-corrected chi connectivity index (χ2v) is 9.55. The van der Waals surface area contributed by atoms with E-state index in [0.717, 1.165) is 0 Å². The Morgan fingerprint density at radius 2 is 1.50 bits per heavy atom. The Morgan fingerprint density at radius 1 is 0.885 bits per heavy atom. The maximum Gasteiger partial charge on any atom is 0.243 e. The van der Waals surface area contributed by atoms with E-state index >= 15 is 0 Å². The Hall–Kier alpha value is -1.94. The van der Waals surface area contributed by atoms with Crippen LogP contribution in [-0.2, 0) is 30.5 Å². The lowest BCUT2D eigenvalue weighted by Gasteiger charge is -2.26. The summed E-state index contributed by atoms with van der Waals surface area (Å²) in [7, 11) is -7.18. The standard InChI is InChI=1S/C17H20N2O5S2/c20-25(21,14-15-4-2-1-3-5-15)18-16-6-8-17(9-7-16)26(22,23)19-10-12-24-13-11-19/h1-9,18H,10-14H2. The number of morpholine rings is 1. The summed E-state index contributed by atoms with van der Waals surface area (Å²) >= 11 is 0. The van der Waals surface area contributed by atoms with Gasteiger partial charge in [0.25, 0.3) is 0 Å². The maximum absolute atomic E-state index is 12.6. The fourth-order valence-electron chi connectivity index (χ4n) is 2.64. The summed E-state index contributed by atoms with van der Waals surface area (Å²) in [6.07, 6.45) is 0. The predicted molar refractivity (Wildman–Crippen MR) is 98.7 cm³/mol. The number of nitrogens with zero attached hydrogens (tertiary/aromatic N) is 1. The van der Waals surface area contributed by atoms with Crippen LogP contribution in [0.2, 0.25) is 0 Å². The third-order valence-corrected chi connectivity index (χ3v) is 7.11. The first-order valence-corrected chi connectivity index (χ1v) is 11.2. The zero-order valence-corrected chi connectivity index (χ0v) is 15.7. The molecule has 1 heterocycles. The number of nitrogens with one attached hydrogen (secondary N) is 1. The molecule has 0 radical (unpaired) electrons. The van der Waals surface area contributed by atoms with E-state index in [0.29, 0.717) is 37.6 Å². The van der Waals surface area contributed by atoms with Gasteiger partial charge in [-0.05, 0) is 29.8 Å². The number of sulfonamides is 2. The quantitative estimate of drug-likeness (QED) is 0.801. The molecular weight excluding hydrogens is 376 g/mol. The minimum Gasteiger partial charge on any atom is -0.379 e. The van der Waals surface area contributed by atoms with Crippen LogP contribution in [0.5, 0.6) is 0 Å². The molecule has 0 aromatic heterocycles. The van der Waals surface area contributed by atoms with Crippen LogP contribution in [0.3, 0.4) is 0 Å². The molecule has 1 N–H and O–H groups in total. The fourth-order valence-corrected chi connectivity index (χ4v) is 5.25. The van der Waals surface area contributed by atoms with Crippen LogP contribution in [0.1, 0.15) is 5.56 Å². The normalized spacial score (nSPS) is 16.3. The zero-order valence-electron chi connectivity index (χ0n) is 14.0. The van der Waals surface area contributed by atoms with Crippen molar-refractivity contribution >= 4 is 25.7 Å². The largest absolute Gasteiger partial charge is 0.379 e. The molecule has 0 saturated carbocycles. The first kappa shape index (κ1) is 18.8. The molecule has 0 aliphatic carbocycles. The first-order chi connectivity index (χ1) is 12.4. The lowest BCUT2D eigenvalue weighted by Crippen LogP contribution is -2.40. The van der Waals surface area contributed by atoms with Crippen molar-refractivity contribution in [2.45, 2.75) is 10.6 Å². The van der Waals surface area contributed by atoms with Crippen molar-refractivity contribution < 1.29 is 21.6 Å². The molecule has 7 nitrogen and oxygen atoms in total. The van der Waals surface area contributed by atoms with Gasteiger partial charge < -0.3 is 4.74 Å². The smallest absolute Gasteiger partial charge is 0.243 e. The number of rotatable bonds is 6. The average Bonchev–Trinajstić information content (AvgIpc) is 2.63. The molecule has 26 heavy (non-hydrogen) atoms. The number of ether oxygens (including phenoxy) is 1. The molecule has 1 aliphatic rings. The summed E-state index contributed by atoms with van der Waals surface area (Å²) in [4.78, 5) is 0.130. The highest BCUT2D eigenvalue weighted by Gasteiger charge is 2.26. The van der Waals surface area contributed by atoms with Gasteiger partial charge in [-0.25, -0.2) is 16.8 Å². The maximum atomic E-state index is 12.6. The molecule has 140 valence electrons. The van der Waals surface area contributed by atoms with Gasteiger partial charge in [0.2, 0.25) is 20.0 Å². The van der Waals surface area contributed by atoms with E-state index < -0.39 is 20.0 Å². The Kier molecular flexibility index (Phi) is 5.61. The van der Waals surface area contributed by atoms with E-state index in [9.17, 15) is 16.8 Å². The van der Waals surface area contributed by atoms with Crippen molar-refractivity contribution in [2.24, 2.45) is 0 Å². The third kappa shape index (κ3) is 4.61. The molecule has 0 unspecified atom stereocenters. The van der Waals surface area contributed by atoms with Crippen LogP contribution < -0.4 is 4.72 Å². The minimum atomic E-state index is -3.59. The first-order valence-electron chi connectivity index (χ1n) is 8.09. The molecule has 2 aromatic rings. The second kappa shape index (κ2) is 7.75. The van der Waals surface area contributed by atoms with Crippen molar-refractivity contribution in [3.63, 3.8) is 0 Å². The Bertz CT molecular complexity index is 936. The van der Waals surface area contributed by atoms with Crippen LogP contribution in [0.25, 0.3) is 0 Å². The van der Waals surface area contributed by atoms with E-state index in [-0.39, 0.29) is 10.6 Å². The summed E-state index contributed by atoms with van der Waals surface area (Å²) in [6.45, 7) is 1.37. The van der Waals surface area contributed by atoms with E-state index in [4.69, 9.17) is 4.74 Å². The Labute approximate surface area is 153 Å². The lowest BCUT2D eigenvalue weighted by molar-refractivity contribution is 0.0730. The third-order valence-electron chi connectivity index (χ3n) is 3.94. The van der Waals surface area contributed by atoms with Crippen molar-refractivity contribution in [2.75, 3.05) is 31.0 Å². The molecule has 9 heteroatoms. The molecule has 0 atom stereocenters. The van der Waals surface area contributed by atoms with Crippen LogP contribution in [0.4, 0.5) is 5.69 Å². The fraction of sp³-hybridized carbons (Fsp3) is 0.294. The van der Waals surface area contributed by atoms with Gasteiger partial charge in [-0.3, -0.25) is 4.72 Å². The van der Waals surface area contributed by atoms with Gasteiger partial charge in [0.05, 0.1) is 23.9 Å². The Morgan fingerprint density at radius 3 is 2.12 bits per heavy atom. The van der Waals surface area contributed by atoms with Crippen LogP contribution >= 0.6 is 0 Å². The lowest BCUT2D eigenvalue weighted by atomic mass is 10.2. The van der Waals surface area contributed by atoms with Gasteiger partial charge in [0, 0.05) is 18.8 Å². The van der Waals surface area contributed by atoms with Gasteiger partial charge in [0.15, 0.2) is 0 Å². The summed E-state index contributed by atoms with van der Waals surface area (Å²) in [5.74, 6) is -0.151. The Balaban J connectivity index is 1.71. The SMILES string of the molecule is O=S(=O)(Cc1ccccc1)Nc1ccc(S(=O)(=O)N2CCOCC2)cc1. The summed E-state index contributed by atoms with van der Waals surface area (Å²) in [5.41, 5.74) is 0.994. The van der Waals surface area contributed by atoms with Gasteiger partial charge in [-0.15, -0.1) is 0 Å². The van der Waals surface area contributed by atoms with E-state index in [2.05, 4.69) is 4.72 Å². The molecule has 1 saturated heterocycles. The van der Waals surface area contributed by atoms with Gasteiger partial charge in [-0.1, -0.05) is 30.3 Å². The van der Waals surface area contributed by atoms with Crippen LogP contribution in [0, 0.1) is 0 Å². The van der Waals surface area contributed by atoms with E-state index in [1.54, 1.807) is 24.3 Å². The number of hydrogen-bond acceptors (Lipinski definition) is 5. The second-order valence-electron chi connectivity index (χ2n) is 5.89. The van der Waals surface area contributed by atoms with Crippen molar-refractivity contribution in [3.05, 3.63) is 60.2 Å². The van der Waals surface area contributed by atoms with Gasteiger partial charge >= 0.3 is 0 Å². The highest BCUT2D eigenvalue weighted by Crippen LogP contribution is 2.20. The average molecular weight is 396 g/mol. The molecule has 1 aliphatic heterocycles. The molecule has 0 bridgehead atoms. The van der Waals surface area contributed by atoms with Crippen LogP contribution in [-0.4, -0.2) is 47.4 Å². The van der Waals surface area contributed by atoms with Crippen molar-refractivity contribution in [1.29, 1.82) is 0 Å². The minimum absolute atomic E-state index is 0.130. The summed E-state index contributed by atoms with van der Waals surface area (Å²) in [6, 6.07) is 14.6. The molecular formula is C17H20N2O5S2. The predicted octanol–water partition coefficient (Wildman–Crippen LogP) is 1.65. The number of anilines is 1. The zero-order chi connectivity index (χ0) is 18.6. The summed E-state index contributed by atoms with van der Waals surface area (Å²) in [5, 5.41) is 0. The molecule has 0 amide bonds. The molecule has 3 rings (SSSR count). The highest BCUT2D eigenvalue weighted by atomic mass is 32.2. The highest BCUT2D eigenvalue weighted by molar-refractivity contribution is 7.92. The summed E-state index contributed by atoms with van der Waals surface area (Å²) < 4.78 is 58.6. The number of hydrogen-bond donors (Lipinski definition) is 1. The van der Waals surface area contributed by atoms with Crippen molar-refractivity contribution in [3.8, 4) is 0 Å². The van der Waals surface area contributed by atoms with Gasteiger partial charge in [0.1, 0.15) is 0 Å². The molecule has 2 aromatic carbocycles. The van der Waals surface area contributed by atoms with E-state index in [1.165, 1.54) is 28.6 Å². The van der Waals surface area contributed by atoms with E-state index in [1.807, 2.05) is 6.07 Å². The monoisotopic (exact) mass is 396 g/mol. The topological polar surface area (TPSA) is 92.8 Å².